The fourth-order valence-electron chi connectivity index (χ4n) is 2.00. The van der Waals surface area contributed by atoms with Gasteiger partial charge in [0.1, 0.15) is 18.5 Å². The van der Waals surface area contributed by atoms with Crippen LogP contribution < -0.4 is 10.1 Å². The number of hydrogen-bond acceptors (Lipinski definition) is 3. The molecule has 1 amide bonds. The number of halogens is 3. The van der Waals surface area contributed by atoms with Crippen molar-refractivity contribution < 1.29 is 27.8 Å². The van der Waals surface area contributed by atoms with E-state index in [0.29, 0.717) is 17.0 Å². The molecule has 2 rings (SSSR count). The van der Waals surface area contributed by atoms with E-state index in [-0.39, 0.29) is 12.5 Å². The van der Waals surface area contributed by atoms with Gasteiger partial charge >= 0.3 is 6.18 Å². The number of anilines is 1. The molecule has 128 valence electrons. The Kier molecular flexibility index (Phi) is 5.46. The van der Waals surface area contributed by atoms with E-state index in [4.69, 9.17) is 4.74 Å². The number of aliphatic hydroxyl groups excluding tert-OH is 1. The Balaban J connectivity index is 1.92. The molecule has 0 aliphatic carbocycles. The van der Waals surface area contributed by atoms with Crippen molar-refractivity contribution in [3.05, 3.63) is 59.7 Å². The van der Waals surface area contributed by atoms with Crippen molar-refractivity contribution in [2.24, 2.45) is 0 Å². The van der Waals surface area contributed by atoms with Gasteiger partial charge in [-0.2, -0.15) is 13.2 Å². The van der Waals surface area contributed by atoms with Crippen LogP contribution in [0.3, 0.4) is 0 Å². The molecule has 0 aliphatic heterocycles. The van der Waals surface area contributed by atoms with Gasteiger partial charge in [-0.1, -0.05) is 12.1 Å². The third-order valence-electron chi connectivity index (χ3n) is 3.21. The highest BCUT2D eigenvalue weighted by molar-refractivity contribution is 5.88. The lowest BCUT2D eigenvalue weighted by atomic mass is 10.1. The summed E-state index contributed by atoms with van der Waals surface area (Å²) in [5.74, 6) is 0.274. The molecule has 24 heavy (non-hydrogen) atoms. The lowest BCUT2D eigenvalue weighted by molar-refractivity contribution is -0.137. The maximum Gasteiger partial charge on any atom is 0.416 e. The van der Waals surface area contributed by atoms with Crippen LogP contribution in [0, 0.1) is 0 Å². The molecule has 1 atom stereocenters. The van der Waals surface area contributed by atoms with Gasteiger partial charge in [0.15, 0.2) is 0 Å². The second-order valence-electron chi connectivity index (χ2n) is 5.15. The van der Waals surface area contributed by atoms with Crippen molar-refractivity contribution in [3.8, 4) is 5.75 Å². The topological polar surface area (TPSA) is 58.6 Å². The lowest BCUT2D eigenvalue weighted by Crippen LogP contribution is -2.11. The smallest absolute Gasteiger partial charge is 0.416 e. The Bertz CT molecular complexity index is 682. The Morgan fingerprint density at radius 3 is 2.21 bits per heavy atom. The minimum atomic E-state index is -4.41. The largest absolute Gasteiger partial charge is 0.491 e. The number of rotatable bonds is 5. The minimum absolute atomic E-state index is 0.106. The van der Waals surface area contributed by atoms with Crippen molar-refractivity contribution in [1.29, 1.82) is 0 Å². The molecule has 0 saturated heterocycles. The van der Waals surface area contributed by atoms with Crippen LogP contribution in [-0.4, -0.2) is 17.6 Å². The van der Waals surface area contributed by atoms with Gasteiger partial charge in [0.2, 0.25) is 5.91 Å². The molecule has 0 bridgehead atoms. The normalized spacial score (nSPS) is 12.5. The van der Waals surface area contributed by atoms with Crippen LogP contribution in [0.25, 0.3) is 0 Å². The second-order valence-corrected chi connectivity index (χ2v) is 5.15. The zero-order valence-corrected chi connectivity index (χ0v) is 12.8. The average molecular weight is 339 g/mol. The van der Waals surface area contributed by atoms with Gasteiger partial charge in [0.05, 0.1) is 5.56 Å². The first kappa shape index (κ1) is 17.8. The van der Waals surface area contributed by atoms with Crippen LogP contribution in [0.5, 0.6) is 5.75 Å². The molecule has 0 spiro atoms. The van der Waals surface area contributed by atoms with Crippen molar-refractivity contribution in [2.75, 3.05) is 11.9 Å². The number of alkyl halides is 3. The summed E-state index contributed by atoms with van der Waals surface area (Å²) in [5, 5.41) is 12.6. The lowest BCUT2D eigenvalue weighted by Gasteiger charge is -2.14. The first-order valence-corrected chi connectivity index (χ1v) is 7.11. The van der Waals surface area contributed by atoms with Gasteiger partial charge in [-0.25, -0.2) is 0 Å². The van der Waals surface area contributed by atoms with Gasteiger partial charge in [-0.05, 0) is 42.0 Å². The number of carbonyl (C=O) groups is 1. The van der Waals surface area contributed by atoms with E-state index in [1.165, 1.54) is 19.1 Å². The molecule has 0 aliphatic rings. The van der Waals surface area contributed by atoms with Crippen molar-refractivity contribution in [1.82, 2.24) is 0 Å². The van der Waals surface area contributed by atoms with E-state index in [1.807, 2.05) is 0 Å². The maximum absolute atomic E-state index is 12.5. The Hall–Kier alpha value is -2.54. The first-order chi connectivity index (χ1) is 11.3. The minimum Gasteiger partial charge on any atom is -0.491 e. The molecule has 0 saturated carbocycles. The number of aliphatic hydroxyl groups is 1. The molecule has 0 radical (unpaired) electrons. The summed E-state index contributed by atoms with van der Waals surface area (Å²) < 4.78 is 42.9. The first-order valence-electron chi connectivity index (χ1n) is 7.11. The van der Waals surface area contributed by atoms with Crippen molar-refractivity contribution in [3.63, 3.8) is 0 Å². The van der Waals surface area contributed by atoms with Crippen LogP contribution in [-0.2, 0) is 11.0 Å². The summed E-state index contributed by atoms with van der Waals surface area (Å²) in [6.07, 6.45) is -5.46. The van der Waals surface area contributed by atoms with Crippen molar-refractivity contribution in [2.45, 2.75) is 19.2 Å². The number of benzene rings is 2. The standard InChI is InChI=1S/C17H16F3NO3/c1-11(22)21-14-6-8-15(9-7-14)24-10-16(23)12-2-4-13(5-3-12)17(18,19)20/h2-9,16,23H,10H2,1H3,(H,21,22). The summed E-state index contributed by atoms with van der Waals surface area (Å²) in [5.41, 5.74) is 0.170. The molecule has 0 heterocycles. The zero-order valence-electron chi connectivity index (χ0n) is 12.8. The van der Waals surface area contributed by atoms with E-state index in [2.05, 4.69) is 5.32 Å². The van der Waals surface area contributed by atoms with Crippen LogP contribution in [0.15, 0.2) is 48.5 Å². The highest BCUT2D eigenvalue weighted by Crippen LogP contribution is 2.30. The van der Waals surface area contributed by atoms with Crippen LogP contribution in [0.4, 0.5) is 18.9 Å². The van der Waals surface area contributed by atoms with E-state index in [0.717, 1.165) is 12.1 Å². The van der Waals surface area contributed by atoms with Gasteiger partial charge in [-0.15, -0.1) is 0 Å². The fraction of sp³-hybridized carbons (Fsp3) is 0.235. The van der Waals surface area contributed by atoms with Crippen molar-refractivity contribution >= 4 is 11.6 Å². The number of carbonyl (C=O) groups excluding carboxylic acids is 1. The summed E-state index contributed by atoms with van der Waals surface area (Å²) >= 11 is 0. The second kappa shape index (κ2) is 7.35. The molecule has 0 aromatic heterocycles. The number of hydrogen-bond donors (Lipinski definition) is 2. The molecule has 2 N–H and O–H groups in total. The van der Waals surface area contributed by atoms with Gasteiger partial charge in [0, 0.05) is 12.6 Å². The number of amides is 1. The van der Waals surface area contributed by atoms with E-state index >= 15 is 0 Å². The highest BCUT2D eigenvalue weighted by atomic mass is 19.4. The Morgan fingerprint density at radius 2 is 1.71 bits per heavy atom. The van der Waals surface area contributed by atoms with E-state index in [9.17, 15) is 23.1 Å². The molecule has 4 nitrogen and oxygen atoms in total. The quantitative estimate of drug-likeness (QED) is 0.872. The molecule has 2 aromatic rings. The fourth-order valence-corrected chi connectivity index (χ4v) is 2.00. The molecule has 0 fully saturated rings. The van der Waals surface area contributed by atoms with Gasteiger partial charge < -0.3 is 15.2 Å². The monoisotopic (exact) mass is 339 g/mol. The molecule has 2 aromatic carbocycles. The summed E-state index contributed by atoms with van der Waals surface area (Å²) in [4.78, 5) is 10.9. The maximum atomic E-state index is 12.5. The Labute approximate surface area is 136 Å². The predicted octanol–water partition coefficient (Wildman–Crippen LogP) is 3.78. The van der Waals surface area contributed by atoms with Crippen LogP contribution in [0.2, 0.25) is 0 Å². The van der Waals surface area contributed by atoms with Crippen LogP contribution in [0.1, 0.15) is 24.2 Å². The third kappa shape index (κ3) is 4.99. The van der Waals surface area contributed by atoms with Gasteiger partial charge in [-0.3, -0.25) is 4.79 Å². The summed E-state index contributed by atoms with van der Waals surface area (Å²) in [6.45, 7) is 1.29. The summed E-state index contributed by atoms with van der Waals surface area (Å²) in [6, 6.07) is 10.8. The summed E-state index contributed by atoms with van der Waals surface area (Å²) in [7, 11) is 0. The van der Waals surface area contributed by atoms with E-state index in [1.54, 1.807) is 24.3 Å². The SMILES string of the molecule is CC(=O)Nc1ccc(OCC(O)c2ccc(C(F)(F)F)cc2)cc1. The average Bonchev–Trinajstić information content (AvgIpc) is 2.52. The third-order valence-corrected chi connectivity index (χ3v) is 3.21. The molecular weight excluding hydrogens is 323 g/mol. The number of nitrogens with one attached hydrogen (secondary N) is 1. The van der Waals surface area contributed by atoms with E-state index < -0.39 is 17.8 Å². The number of ether oxygens (including phenoxy) is 1. The Morgan fingerprint density at radius 1 is 1.12 bits per heavy atom. The molecule has 1 unspecified atom stereocenters. The highest BCUT2D eigenvalue weighted by Gasteiger charge is 2.30. The van der Waals surface area contributed by atoms with Gasteiger partial charge in [0.25, 0.3) is 0 Å². The predicted molar refractivity (Wildman–Crippen MR) is 82.6 cm³/mol. The zero-order chi connectivity index (χ0) is 17.7. The molecule has 7 heteroatoms. The van der Waals surface area contributed by atoms with Crippen LogP contribution >= 0.6 is 0 Å². The molecular formula is C17H16F3NO3.